The maximum atomic E-state index is 11.8. The van der Waals surface area contributed by atoms with Gasteiger partial charge in [-0.2, -0.15) is 0 Å². The van der Waals surface area contributed by atoms with E-state index in [-0.39, 0.29) is 12.8 Å². The second-order valence-corrected chi connectivity index (χ2v) is 8.87. The maximum Gasteiger partial charge on any atom is 0.492 e. The number of fused-ring (bicyclic) bond motifs is 1. The van der Waals surface area contributed by atoms with E-state index in [9.17, 15) is 9.82 Å². The number of rotatable bonds is 6. The Morgan fingerprint density at radius 2 is 2.21 bits per heavy atom. The summed E-state index contributed by atoms with van der Waals surface area (Å²) in [6.45, 7) is 6.41. The van der Waals surface area contributed by atoms with E-state index in [0.717, 1.165) is 41.8 Å². The molecule has 0 saturated carbocycles. The number of amides is 1. The van der Waals surface area contributed by atoms with Crippen molar-refractivity contribution >= 4 is 30.4 Å². The number of carbonyl (C=O) groups is 1. The third-order valence-corrected chi connectivity index (χ3v) is 5.25. The van der Waals surface area contributed by atoms with Crippen LogP contribution in [0.2, 0.25) is 0 Å². The fourth-order valence-corrected chi connectivity index (χ4v) is 3.85. The third kappa shape index (κ3) is 6.12. The zero-order chi connectivity index (χ0) is 20.1. The number of benzene rings is 1. The van der Waals surface area contributed by atoms with Crippen molar-refractivity contribution in [3.05, 3.63) is 23.8 Å². The summed E-state index contributed by atoms with van der Waals surface area (Å²) in [6.07, 6.45) is 2.13. The monoisotopic (exact) mass is 409 g/mol. The van der Waals surface area contributed by atoms with Gasteiger partial charge in [0.1, 0.15) is 5.60 Å². The minimum absolute atomic E-state index is 0.118. The average molecular weight is 409 g/mol. The van der Waals surface area contributed by atoms with E-state index in [1.807, 2.05) is 18.2 Å². The van der Waals surface area contributed by atoms with Crippen LogP contribution in [0.15, 0.2) is 23.1 Å². The molecule has 1 aromatic carbocycles. The number of hydrogen-bond acceptors (Lipinski definition) is 7. The fourth-order valence-electron chi connectivity index (χ4n) is 3.12. The van der Waals surface area contributed by atoms with Gasteiger partial charge in [-0.25, -0.2) is 4.79 Å². The molecule has 1 fully saturated rings. The molecule has 2 aliphatic heterocycles. The number of ether oxygens (including phenoxy) is 3. The van der Waals surface area contributed by atoms with Crippen molar-refractivity contribution in [3.8, 4) is 0 Å². The number of nitrogens with one attached hydrogen (secondary N) is 1. The first-order valence-electron chi connectivity index (χ1n) is 9.62. The summed E-state index contributed by atoms with van der Waals surface area (Å²) in [5, 5.41) is 12.9. The molecule has 154 valence electrons. The highest BCUT2D eigenvalue weighted by molar-refractivity contribution is 7.99. The largest absolute Gasteiger partial charge is 0.492 e. The van der Waals surface area contributed by atoms with Gasteiger partial charge in [-0.05, 0) is 63.2 Å². The van der Waals surface area contributed by atoms with E-state index in [1.54, 1.807) is 32.5 Å². The normalized spacial score (nSPS) is 22.1. The first kappa shape index (κ1) is 21.5. The first-order valence-corrected chi connectivity index (χ1v) is 10.6. The van der Waals surface area contributed by atoms with Gasteiger partial charge in [0, 0.05) is 18.0 Å². The summed E-state index contributed by atoms with van der Waals surface area (Å²) in [6, 6.07) is 5.80. The molecule has 0 aromatic heterocycles. The van der Waals surface area contributed by atoms with Crippen LogP contribution in [0.3, 0.4) is 0 Å². The molecule has 28 heavy (non-hydrogen) atoms. The third-order valence-electron chi connectivity index (χ3n) is 4.41. The van der Waals surface area contributed by atoms with Crippen molar-refractivity contribution in [2.75, 3.05) is 19.1 Å². The molecule has 0 radical (unpaired) electrons. The second-order valence-electron chi connectivity index (χ2n) is 7.88. The lowest BCUT2D eigenvalue weighted by Gasteiger charge is -2.22. The number of hydrogen-bond donors (Lipinski definition) is 2. The molecule has 7 nitrogen and oxygen atoms in total. The fraction of sp³-hybridized carbons (Fsp3) is 0.632. The van der Waals surface area contributed by atoms with Crippen LogP contribution < -0.4 is 10.8 Å². The van der Waals surface area contributed by atoms with Gasteiger partial charge < -0.3 is 29.2 Å². The zero-order valence-corrected chi connectivity index (χ0v) is 17.4. The Morgan fingerprint density at radius 1 is 1.39 bits per heavy atom. The van der Waals surface area contributed by atoms with Crippen molar-refractivity contribution in [1.82, 2.24) is 5.32 Å². The van der Waals surface area contributed by atoms with Gasteiger partial charge in [0.05, 0.1) is 12.0 Å². The summed E-state index contributed by atoms with van der Waals surface area (Å²) in [7, 11) is -1.01. The standard InChI is InChI=1S/C19H28BNO6S/c1-19(2,3)26-18(22)21-11-16-14-8-7-13(10-15(14)20(23)27-16)28-12-25-17-6-4-5-9-24-17/h7-8,10,16-17,23H,4-6,9,11-12H2,1-3H3,(H,21,22). The van der Waals surface area contributed by atoms with Crippen LogP contribution in [-0.2, 0) is 18.9 Å². The van der Waals surface area contributed by atoms with E-state index in [4.69, 9.17) is 18.9 Å². The van der Waals surface area contributed by atoms with E-state index in [1.165, 1.54) is 0 Å². The van der Waals surface area contributed by atoms with Crippen molar-refractivity contribution in [2.45, 2.75) is 62.9 Å². The molecule has 2 N–H and O–H groups in total. The maximum absolute atomic E-state index is 11.8. The van der Waals surface area contributed by atoms with E-state index < -0.39 is 24.9 Å². The molecule has 1 amide bonds. The highest BCUT2D eigenvalue weighted by Crippen LogP contribution is 2.27. The Hall–Kier alpha value is -1.26. The quantitative estimate of drug-likeness (QED) is 0.424. The van der Waals surface area contributed by atoms with E-state index >= 15 is 0 Å². The first-order chi connectivity index (χ1) is 13.3. The summed E-state index contributed by atoms with van der Waals surface area (Å²) >= 11 is 1.55. The SMILES string of the molecule is CC(C)(C)OC(=O)NCC1OB(O)c2cc(SCOC3CCCCO3)ccc21. The van der Waals surface area contributed by atoms with Crippen molar-refractivity contribution in [2.24, 2.45) is 0 Å². The molecule has 0 aliphatic carbocycles. The molecular weight excluding hydrogens is 381 g/mol. The molecule has 0 spiro atoms. The summed E-state index contributed by atoms with van der Waals surface area (Å²) < 4.78 is 22.1. The van der Waals surface area contributed by atoms with Crippen molar-refractivity contribution < 1.29 is 28.7 Å². The Kier molecular flexibility index (Phi) is 7.28. The van der Waals surface area contributed by atoms with Gasteiger partial charge in [0.2, 0.25) is 0 Å². The van der Waals surface area contributed by atoms with Crippen LogP contribution in [-0.4, -0.2) is 49.2 Å². The van der Waals surface area contributed by atoms with E-state index in [0.29, 0.717) is 5.94 Å². The lowest BCUT2D eigenvalue weighted by molar-refractivity contribution is -0.149. The predicted octanol–water partition coefficient (Wildman–Crippen LogP) is 2.56. The lowest BCUT2D eigenvalue weighted by atomic mass is 9.79. The Bertz CT molecular complexity index is 677. The predicted molar refractivity (Wildman–Crippen MR) is 108 cm³/mol. The Balaban J connectivity index is 1.51. The highest BCUT2D eigenvalue weighted by atomic mass is 32.2. The Morgan fingerprint density at radius 3 is 2.93 bits per heavy atom. The van der Waals surface area contributed by atoms with Crippen LogP contribution >= 0.6 is 11.8 Å². The van der Waals surface area contributed by atoms with Crippen molar-refractivity contribution in [1.29, 1.82) is 0 Å². The molecule has 1 saturated heterocycles. The molecule has 1 aromatic rings. The lowest BCUT2D eigenvalue weighted by Crippen LogP contribution is -2.35. The van der Waals surface area contributed by atoms with Crippen LogP contribution in [0.5, 0.6) is 0 Å². The van der Waals surface area contributed by atoms with Gasteiger partial charge in [0.15, 0.2) is 6.29 Å². The molecule has 2 unspecified atom stereocenters. The molecule has 0 bridgehead atoms. The van der Waals surface area contributed by atoms with Gasteiger partial charge >= 0.3 is 13.2 Å². The van der Waals surface area contributed by atoms with Gasteiger partial charge in [-0.3, -0.25) is 0 Å². The number of carbonyl (C=O) groups excluding carboxylic acids is 1. The molecule has 2 atom stereocenters. The zero-order valence-electron chi connectivity index (χ0n) is 16.6. The second kappa shape index (κ2) is 9.50. The molecule has 9 heteroatoms. The number of alkyl carbamates (subject to hydrolysis) is 1. The van der Waals surface area contributed by atoms with Gasteiger partial charge in [-0.1, -0.05) is 17.8 Å². The van der Waals surface area contributed by atoms with Gasteiger partial charge in [0.25, 0.3) is 0 Å². The topological polar surface area (TPSA) is 86.3 Å². The van der Waals surface area contributed by atoms with Gasteiger partial charge in [-0.15, -0.1) is 0 Å². The minimum Gasteiger partial charge on any atom is -0.444 e. The molecule has 2 heterocycles. The summed E-state index contributed by atoms with van der Waals surface area (Å²) in [4.78, 5) is 12.8. The molecule has 3 rings (SSSR count). The minimum atomic E-state index is -1.01. The van der Waals surface area contributed by atoms with Crippen LogP contribution in [0.25, 0.3) is 0 Å². The van der Waals surface area contributed by atoms with Crippen LogP contribution in [0.1, 0.15) is 51.7 Å². The number of thioether (sulfide) groups is 1. The van der Waals surface area contributed by atoms with Crippen LogP contribution in [0.4, 0.5) is 4.79 Å². The summed E-state index contributed by atoms with van der Waals surface area (Å²) in [5.74, 6) is 0.490. The Labute approximate surface area is 170 Å². The van der Waals surface area contributed by atoms with Crippen LogP contribution in [0, 0.1) is 0 Å². The smallest absolute Gasteiger partial charge is 0.444 e. The molecule has 2 aliphatic rings. The highest BCUT2D eigenvalue weighted by Gasteiger charge is 2.35. The van der Waals surface area contributed by atoms with Crippen molar-refractivity contribution in [3.63, 3.8) is 0 Å². The average Bonchev–Trinajstić information content (AvgIpc) is 2.95. The summed E-state index contributed by atoms with van der Waals surface area (Å²) in [5.41, 5.74) is 1.02. The van der Waals surface area contributed by atoms with E-state index in [2.05, 4.69) is 5.32 Å². The molecular formula is C19H28BNO6S.